The Balaban J connectivity index is 1.44. The maximum Gasteiger partial charge on any atom is 0.339 e. The summed E-state index contributed by atoms with van der Waals surface area (Å²) >= 11 is 0. The van der Waals surface area contributed by atoms with Crippen molar-refractivity contribution in [2.75, 3.05) is 13.7 Å². The first kappa shape index (κ1) is 23.1. The third-order valence-electron chi connectivity index (χ3n) is 6.22. The number of ether oxygens (including phenoxy) is 2. The monoisotopic (exact) mass is 480 g/mol. The molecule has 1 N–H and O–H groups in total. The van der Waals surface area contributed by atoms with Crippen LogP contribution in [0, 0.1) is 0 Å². The molecule has 1 atom stereocenters. The number of carbonyl (C=O) groups is 2. The van der Waals surface area contributed by atoms with Crippen molar-refractivity contribution < 1.29 is 24.2 Å². The number of carbonyl (C=O) groups excluding carboxylic acids is 1. The quantitative estimate of drug-likeness (QED) is 0.388. The molecular weight excluding hydrogens is 456 g/mol. The highest BCUT2D eigenvalue weighted by Crippen LogP contribution is 2.34. The van der Waals surface area contributed by atoms with E-state index >= 15 is 0 Å². The number of nitrogens with zero attached hydrogens (tertiary/aromatic N) is 2. The fraction of sp³-hybridized carbons (Fsp3) is 0.138. The van der Waals surface area contributed by atoms with E-state index in [2.05, 4.69) is 12.1 Å². The fourth-order valence-corrected chi connectivity index (χ4v) is 4.34. The lowest BCUT2D eigenvalue weighted by molar-refractivity contribution is -0.135. The van der Waals surface area contributed by atoms with Gasteiger partial charge in [0.25, 0.3) is 5.91 Å². The molecule has 1 amide bonds. The molecule has 7 heteroatoms. The van der Waals surface area contributed by atoms with Crippen LogP contribution < -0.4 is 9.47 Å². The number of hydrogen-bond acceptors (Lipinski definition) is 5. The van der Waals surface area contributed by atoms with Gasteiger partial charge in [0.15, 0.2) is 6.61 Å². The van der Waals surface area contributed by atoms with Gasteiger partial charge < -0.3 is 14.6 Å². The van der Waals surface area contributed by atoms with E-state index in [0.29, 0.717) is 6.42 Å². The SMILES string of the molecule is COc1ccc(C2CC(c3ccc4ccccc4c3)=NN2C(=O)COc2ccccc2C(=O)O)cc1. The van der Waals surface area contributed by atoms with Gasteiger partial charge in [0.2, 0.25) is 0 Å². The second-order valence-corrected chi connectivity index (χ2v) is 8.43. The minimum absolute atomic E-state index is 0.00113. The van der Waals surface area contributed by atoms with Crippen molar-refractivity contribution in [3.8, 4) is 11.5 Å². The van der Waals surface area contributed by atoms with E-state index in [4.69, 9.17) is 14.6 Å². The first-order chi connectivity index (χ1) is 17.5. The van der Waals surface area contributed by atoms with Gasteiger partial charge in [-0.2, -0.15) is 5.10 Å². The molecule has 0 bridgehead atoms. The molecule has 5 rings (SSSR count). The standard InChI is InChI=1S/C29H24N2O5/c1-35-23-14-12-20(13-15-23)26-17-25(22-11-10-19-6-2-3-7-21(19)16-22)30-31(26)28(32)18-36-27-9-5-4-8-24(27)29(33)34/h2-16,26H,17-18H2,1H3,(H,33,34). The lowest BCUT2D eigenvalue weighted by atomic mass is 9.97. The van der Waals surface area contributed by atoms with Crippen molar-refractivity contribution >= 4 is 28.4 Å². The number of rotatable bonds is 7. The number of hydrogen-bond donors (Lipinski definition) is 1. The predicted octanol–water partition coefficient (Wildman–Crippen LogP) is 5.30. The van der Waals surface area contributed by atoms with Crippen molar-refractivity contribution in [1.29, 1.82) is 0 Å². The van der Waals surface area contributed by atoms with E-state index in [1.165, 1.54) is 17.1 Å². The Bertz CT molecular complexity index is 1460. The van der Waals surface area contributed by atoms with Crippen LogP contribution in [0.2, 0.25) is 0 Å². The van der Waals surface area contributed by atoms with Crippen LogP contribution in [0.5, 0.6) is 11.5 Å². The fourth-order valence-electron chi connectivity index (χ4n) is 4.34. The highest BCUT2D eigenvalue weighted by Gasteiger charge is 2.33. The molecule has 0 fully saturated rings. The van der Waals surface area contributed by atoms with Gasteiger partial charge in [-0.15, -0.1) is 0 Å². The first-order valence-corrected chi connectivity index (χ1v) is 11.5. The Labute approximate surface area is 208 Å². The Morgan fingerprint density at radius 3 is 2.42 bits per heavy atom. The van der Waals surface area contributed by atoms with Gasteiger partial charge in [0, 0.05) is 6.42 Å². The highest BCUT2D eigenvalue weighted by molar-refractivity contribution is 6.05. The Morgan fingerprint density at radius 1 is 0.944 bits per heavy atom. The zero-order valence-electron chi connectivity index (χ0n) is 19.6. The summed E-state index contributed by atoms with van der Waals surface area (Å²) in [6.07, 6.45) is 0.530. The van der Waals surface area contributed by atoms with Crippen LogP contribution in [0.3, 0.4) is 0 Å². The Morgan fingerprint density at radius 2 is 1.67 bits per heavy atom. The molecule has 0 aromatic heterocycles. The molecule has 1 aliphatic heterocycles. The average molecular weight is 481 g/mol. The molecule has 0 aliphatic carbocycles. The van der Waals surface area contributed by atoms with Gasteiger partial charge in [-0.25, -0.2) is 9.80 Å². The van der Waals surface area contributed by atoms with E-state index in [1.807, 2.05) is 54.6 Å². The minimum atomic E-state index is -1.12. The number of carboxylic acids is 1. The molecule has 180 valence electrons. The highest BCUT2D eigenvalue weighted by atomic mass is 16.5. The number of carboxylic acid groups (broad SMARTS) is 1. The number of para-hydroxylation sites is 1. The number of amides is 1. The summed E-state index contributed by atoms with van der Waals surface area (Å²) in [5, 5.41) is 17.8. The second-order valence-electron chi connectivity index (χ2n) is 8.43. The Kier molecular flexibility index (Phi) is 6.36. The lowest BCUT2D eigenvalue weighted by Gasteiger charge is -2.22. The minimum Gasteiger partial charge on any atom is -0.497 e. The van der Waals surface area contributed by atoms with Gasteiger partial charge in [-0.3, -0.25) is 4.79 Å². The second kappa shape index (κ2) is 9.92. The van der Waals surface area contributed by atoms with Crippen LogP contribution in [0.25, 0.3) is 10.8 Å². The number of benzene rings is 4. The molecule has 0 saturated carbocycles. The Hall–Kier alpha value is -4.65. The first-order valence-electron chi connectivity index (χ1n) is 11.5. The predicted molar refractivity (Wildman–Crippen MR) is 137 cm³/mol. The molecule has 0 radical (unpaired) electrons. The van der Waals surface area contributed by atoms with Gasteiger partial charge in [-0.05, 0) is 52.2 Å². The molecule has 1 aliphatic rings. The van der Waals surface area contributed by atoms with E-state index in [1.54, 1.807) is 19.2 Å². The van der Waals surface area contributed by atoms with Crippen LogP contribution in [-0.4, -0.2) is 41.4 Å². The molecule has 0 spiro atoms. The molecule has 7 nitrogen and oxygen atoms in total. The number of aromatic carboxylic acids is 1. The third kappa shape index (κ3) is 4.63. The van der Waals surface area contributed by atoms with Crippen LogP contribution in [0.15, 0.2) is 96.1 Å². The summed E-state index contributed by atoms with van der Waals surface area (Å²) < 4.78 is 10.9. The van der Waals surface area contributed by atoms with E-state index in [-0.39, 0.29) is 29.9 Å². The van der Waals surface area contributed by atoms with Crippen molar-refractivity contribution in [3.05, 3.63) is 108 Å². The molecule has 0 saturated heterocycles. The van der Waals surface area contributed by atoms with Crippen LogP contribution in [-0.2, 0) is 4.79 Å². The maximum absolute atomic E-state index is 13.3. The summed E-state index contributed by atoms with van der Waals surface area (Å²) in [4.78, 5) is 24.8. The normalized spacial score (nSPS) is 15.0. The summed E-state index contributed by atoms with van der Waals surface area (Å²) in [6.45, 7) is -0.342. The summed E-state index contributed by atoms with van der Waals surface area (Å²) in [7, 11) is 1.60. The summed E-state index contributed by atoms with van der Waals surface area (Å²) in [5.74, 6) is -0.630. The van der Waals surface area contributed by atoms with Crippen LogP contribution in [0.1, 0.15) is 33.9 Å². The van der Waals surface area contributed by atoms with Crippen LogP contribution in [0.4, 0.5) is 0 Å². The van der Waals surface area contributed by atoms with Crippen molar-refractivity contribution in [2.24, 2.45) is 5.10 Å². The summed E-state index contributed by atoms with van der Waals surface area (Å²) in [5.41, 5.74) is 2.65. The zero-order chi connectivity index (χ0) is 25.1. The van der Waals surface area contributed by atoms with E-state index in [9.17, 15) is 14.7 Å². The number of methoxy groups -OCH3 is 1. The topological polar surface area (TPSA) is 88.4 Å². The molecule has 1 heterocycles. The third-order valence-corrected chi connectivity index (χ3v) is 6.22. The molecule has 4 aromatic rings. The smallest absolute Gasteiger partial charge is 0.339 e. The lowest BCUT2D eigenvalue weighted by Crippen LogP contribution is -2.31. The number of hydrazone groups is 1. The molecular formula is C29H24N2O5. The van der Waals surface area contributed by atoms with Gasteiger partial charge in [-0.1, -0.05) is 60.7 Å². The zero-order valence-corrected chi connectivity index (χ0v) is 19.6. The molecule has 1 unspecified atom stereocenters. The largest absolute Gasteiger partial charge is 0.497 e. The van der Waals surface area contributed by atoms with Gasteiger partial charge in [0.05, 0.1) is 18.9 Å². The van der Waals surface area contributed by atoms with E-state index in [0.717, 1.165) is 33.4 Å². The molecule has 36 heavy (non-hydrogen) atoms. The van der Waals surface area contributed by atoms with Crippen molar-refractivity contribution in [3.63, 3.8) is 0 Å². The van der Waals surface area contributed by atoms with Gasteiger partial charge >= 0.3 is 5.97 Å². The van der Waals surface area contributed by atoms with Crippen molar-refractivity contribution in [2.45, 2.75) is 12.5 Å². The molecule has 4 aromatic carbocycles. The maximum atomic E-state index is 13.3. The van der Waals surface area contributed by atoms with Crippen LogP contribution >= 0.6 is 0 Å². The van der Waals surface area contributed by atoms with Crippen molar-refractivity contribution in [1.82, 2.24) is 5.01 Å². The average Bonchev–Trinajstić information content (AvgIpc) is 3.37. The summed E-state index contributed by atoms with van der Waals surface area (Å²) in [6, 6.07) is 27.7. The van der Waals surface area contributed by atoms with Gasteiger partial charge in [0.1, 0.15) is 17.1 Å². The number of fused-ring (bicyclic) bond motifs is 1. The van der Waals surface area contributed by atoms with E-state index < -0.39 is 5.97 Å².